The molecule has 1 fully saturated rings. The van der Waals surface area contributed by atoms with Crippen molar-refractivity contribution in [2.45, 2.75) is 19.8 Å². The van der Waals surface area contributed by atoms with Crippen molar-refractivity contribution in [1.29, 1.82) is 0 Å². The van der Waals surface area contributed by atoms with Crippen LogP contribution in [0.4, 0.5) is 0 Å². The first-order chi connectivity index (χ1) is 14.2. The Morgan fingerprint density at radius 3 is 2.79 bits per heavy atom. The average Bonchev–Trinajstić information content (AvgIpc) is 2.98. The molecule has 2 aliphatic heterocycles. The topological polar surface area (TPSA) is 27.7 Å². The van der Waals surface area contributed by atoms with E-state index in [1.54, 1.807) is 0 Å². The second kappa shape index (κ2) is 11.0. The second-order valence-electron chi connectivity index (χ2n) is 7.25. The average molecular weight is 410 g/mol. The molecule has 1 N–H and O–H groups in total. The van der Waals surface area contributed by atoms with Crippen LogP contribution >= 0.6 is 12.2 Å². The zero-order valence-electron chi connectivity index (χ0n) is 17.3. The van der Waals surface area contributed by atoms with E-state index < -0.39 is 0 Å². The highest BCUT2D eigenvalue weighted by molar-refractivity contribution is 7.80. The minimum atomic E-state index is 0.761. The Kier molecular flexibility index (Phi) is 8.08. The molecule has 0 bridgehead atoms. The Balaban J connectivity index is 1.50. The van der Waals surface area contributed by atoms with Gasteiger partial charge in [-0.3, -0.25) is 4.90 Å². The van der Waals surface area contributed by atoms with Crippen LogP contribution < -0.4 is 10.1 Å². The van der Waals surface area contributed by atoms with E-state index in [0.717, 1.165) is 74.2 Å². The van der Waals surface area contributed by atoms with E-state index in [2.05, 4.69) is 58.3 Å². The second-order valence-corrected chi connectivity index (χ2v) is 7.64. The quantitative estimate of drug-likeness (QED) is 0.575. The molecule has 0 aromatic heterocycles. The molecule has 0 spiro atoms. The van der Waals surface area contributed by atoms with Gasteiger partial charge in [0.05, 0.1) is 6.61 Å². The van der Waals surface area contributed by atoms with E-state index in [4.69, 9.17) is 17.0 Å². The Morgan fingerprint density at radius 2 is 2.03 bits per heavy atom. The third-order valence-electron chi connectivity index (χ3n) is 5.35. The minimum Gasteiger partial charge on any atom is -0.493 e. The standard InChI is InChI=1S/C24H31N3OS/c1-3-20(4-2)9-7-13-26-14-16-27(17-15-26)24(29)25-19-21-10-8-18-28-23-12-6-5-11-22(21)23/h3-7,9,11-12,19H,1,8,10,13-18H2,2H3,(H,25,29)/b9-7-,20-4-,21-19-. The van der Waals surface area contributed by atoms with Gasteiger partial charge in [0.1, 0.15) is 5.75 Å². The molecular formula is C24H31N3OS. The van der Waals surface area contributed by atoms with Crippen molar-refractivity contribution in [3.8, 4) is 5.75 Å². The first kappa shape index (κ1) is 21.3. The SMILES string of the molecule is C=CC(/C=C\CN1CCN(C(=S)N/C=C2/CCCOc3ccccc32)CC1)=C/C. The van der Waals surface area contributed by atoms with Gasteiger partial charge in [-0.05, 0) is 49.2 Å². The van der Waals surface area contributed by atoms with Gasteiger partial charge in [0.2, 0.25) is 0 Å². The number of nitrogens with zero attached hydrogens (tertiary/aromatic N) is 2. The van der Waals surface area contributed by atoms with Crippen LogP contribution in [0.15, 0.2) is 66.9 Å². The monoisotopic (exact) mass is 409 g/mol. The van der Waals surface area contributed by atoms with Crippen LogP contribution in [0.5, 0.6) is 5.75 Å². The number of hydrogen-bond donors (Lipinski definition) is 1. The summed E-state index contributed by atoms with van der Waals surface area (Å²) >= 11 is 5.65. The third-order valence-corrected chi connectivity index (χ3v) is 5.73. The Bertz CT molecular complexity index is 804. The van der Waals surface area contributed by atoms with Crippen LogP contribution in [0.1, 0.15) is 25.3 Å². The maximum atomic E-state index is 5.84. The van der Waals surface area contributed by atoms with Crippen LogP contribution in [-0.4, -0.2) is 54.2 Å². The Labute approximate surface area is 180 Å². The lowest BCUT2D eigenvalue weighted by atomic mass is 10.0. The molecule has 0 atom stereocenters. The van der Waals surface area contributed by atoms with Crippen LogP contribution in [-0.2, 0) is 0 Å². The lowest BCUT2D eigenvalue weighted by Gasteiger charge is -2.35. The summed E-state index contributed by atoms with van der Waals surface area (Å²) < 4.78 is 5.84. The van der Waals surface area contributed by atoms with Gasteiger partial charge in [0, 0.05) is 44.5 Å². The van der Waals surface area contributed by atoms with Crippen molar-refractivity contribution in [2.75, 3.05) is 39.3 Å². The van der Waals surface area contributed by atoms with E-state index >= 15 is 0 Å². The lowest BCUT2D eigenvalue weighted by Crippen LogP contribution is -2.50. The van der Waals surface area contributed by atoms with Gasteiger partial charge in [-0.15, -0.1) is 0 Å². The summed E-state index contributed by atoms with van der Waals surface area (Å²) in [6.07, 6.45) is 12.4. The minimum absolute atomic E-state index is 0.761. The van der Waals surface area contributed by atoms with Crippen molar-refractivity contribution in [2.24, 2.45) is 0 Å². The predicted molar refractivity (Wildman–Crippen MR) is 126 cm³/mol. The molecule has 0 aliphatic carbocycles. The van der Waals surface area contributed by atoms with E-state index in [9.17, 15) is 0 Å². The maximum absolute atomic E-state index is 5.84. The van der Waals surface area contributed by atoms with Gasteiger partial charge in [0.25, 0.3) is 0 Å². The smallest absolute Gasteiger partial charge is 0.173 e. The number of fused-ring (bicyclic) bond motifs is 1. The molecule has 29 heavy (non-hydrogen) atoms. The molecule has 0 amide bonds. The first-order valence-corrected chi connectivity index (χ1v) is 10.8. The highest BCUT2D eigenvalue weighted by Crippen LogP contribution is 2.31. The van der Waals surface area contributed by atoms with Gasteiger partial charge in [-0.2, -0.15) is 0 Å². The van der Waals surface area contributed by atoms with Gasteiger partial charge >= 0.3 is 0 Å². The van der Waals surface area contributed by atoms with Crippen molar-refractivity contribution in [3.63, 3.8) is 0 Å². The fraction of sp³-hybridized carbons (Fsp3) is 0.375. The lowest BCUT2D eigenvalue weighted by molar-refractivity contribution is 0.197. The fourth-order valence-electron chi connectivity index (χ4n) is 3.58. The number of ether oxygens (including phenoxy) is 1. The number of rotatable bonds is 5. The summed E-state index contributed by atoms with van der Waals surface area (Å²) in [7, 11) is 0. The predicted octanol–water partition coefficient (Wildman–Crippen LogP) is 4.38. The first-order valence-electron chi connectivity index (χ1n) is 10.4. The number of benzene rings is 1. The van der Waals surface area contributed by atoms with Gasteiger partial charge in [-0.1, -0.05) is 49.1 Å². The molecule has 0 radical (unpaired) electrons. The summed E-state index contributed by atoms with van der Waals surface area (Å²) in [5.74, 6) is 0.961. The summed E-state index contributed by atoms with van der Waals surface area (Å²) in [4.78, 5) is 4.70. The number of allylic oxidation sites excluding steroid dienone is 5. The van der Waals surface area contributed by atoms with Gasteiger partial charge in [-0.25, -0.2) is 0 Å². The Morgan fingerprint density at radius 1 is 1.24 bits per heavy atom. The maximum Gasteiger partial charge on any atom is 0.173 e. The molecule has 0 unspecified atom stereocenters. The molecule has 0 saturated carbocycles. The largest absolute Gasteiger partial charge is 0.493 e. The van der Waals surface area contributed by atoms with Crippen molar-refractivity contribution < 1.29 is 4.74 Å². The van der Waals surface area contributed by atoms with Crippen LogP contribution in [0.3, 0.4) is 0 Å². The van der Waals surface area contributed by atoms with E-state index in [1.165, 1.54) is 5.57 Å². The summed E-state index contributed by atoms with van der Waals surface area (Å²) in [6, 6.07) is 8.23. The fourth-order valence-corrected chi connectivity index (χ4v) is 3.82. The molecule has 1 aromatic rings. The molecule has 2 heterocycles. The normalized spacial score (nSPS) is 19.6. The summed E-state index contributed by atoms with van der Waals surface area (Å²) in [5, 5.41) is 4.17. The van der Waals surface area contributed by atoms with Crippen molar-refractivity contribution in [3.05, 3.63) is 72.5 Å². The third kappa shape index (κ3) is 6.05. The molecule has 154 valence electrons. The number of piperazine rings is 1. The summed E-state index contributed by atoms with van der Waals surface area (Å²) in [5.41, 5.74) is 3.58. The van der Waals surface area contributed by atoms with Crippen LogP contribution in [0.25, 0.3) is 5.57 Å². The Hall–Kier alpha value is -2.37. The molecule has 1 aromatic carbocycles. The summed E-state index contributed by atoms with van der Waals surface area (Å²) in [6.45, 7) is 11.5. The van der Waals surface area contributed by atoms with E-state index in [-0.39, 0.29) is 0 Å². The number of nitrogens with one attached hydrogen (secondary N) is 1. The van der Waals surface area contributed by atoms with Crippen molar-refractivity contribution in [1.82, 2.24) is 15.1 Å². The van der Waals surface area contributed by atoms with E-state index in [0.29, 0.717) is 0 Å². The molecule has 4 nitrogen and oxygen atoms in total. The molecule has 5 heteroatoms. The zero-order valence-corrected chi connectivity index (χ0v) is 18.1. The van der Waals surface area contributed by atoms with E-state index in [1.807, 2.05) is 25.1 Å². The highest BCUT2D eigenvalue weighted by Gasteiger charge is 2.18. The number of hydrogen-bond acceptors (Lipinski definition) is 3. The highest BCUT2D eigenvalue weighted by atomic mass is 32.1. The number of thiocarbonyl (C=S) groups is 1. The molecule has 3 rings (SSSR count). The van der Waals surface area contributed by atoms with Crippen LogP contribution in [0.2, 0.25) is 0 Å². The molecule has 1 saturated heterocycles. The molecular weight excluding hydrogens is 378 g/mol. The number of para-hydroxylation sites is 1. The zero-order chi connectivity index (χ0) is 20.5. The van der Waals surface area contributed by atoms with Crippen molar-refractivity contribution >= 4 is 22.9 Å². The van der Waals surface area contributed by atoms with Gasteiger partial charge in [0.15, 0.2) is 5.11 Å². The van der Waals surface area contributed by atoms with Gasteiger partial charge < -0.3 is 15.0 Å². The van der Waals surface area contributed by atoms with Crippen LogP contribution in [0, 0.1) is 0 Å². The molecule has 2 aliphatic rings.